The van der Waals surface area contributed by atoms with E-state index in [0.717, 1.165) is 28.1 Å². The van der Waals surface area contributed by atoms with Crippen molar-refractivity contribution < 1.29 is 20.1 Å². The molecule has 0 bridgehead atoms. The Bertz CT molecular complexity index is 1310. The van der Waals surface area contributed by atoms with Crippen molar-refractivity contribution in [2.45, 2.75) is 20.8 Å². The summed E-state index contributed by atoms with van der Waals surface area (Å²) in [5, 5.41) is 0. The van der Waals surface area contributed by atoms with Gasteiger partial charge in [0.1, 0.15) is 0 Å². The maximum atomic E-state index is 4.64. The summed E-state index contributed by atoms with van der Waals surface area (Å²) < 4.78 is 4.23. The van der Waals surface area contributed by atoms with Gasteiger partial charge in [0.25, 0.3) is 0 Å². The van der Waals surface area contributed by atoms with Crippen LogP contribution >= 0.6 is 0 Å². The van der Waals surface area contributed by atoms with E-state index in [9.17, 15) is 0 Å². The number of imidazole rings is 2. The molecule has 0 fully saturated rings. The zero-order valence-electron chi connectivity index (χ0n) is 17.1. The van der Waals surface area contributed by atoms with Crippen LogP contribution in [0.1, 0.15) is 16.7 Å². The molecule has 0 spiro atoms. The summed E-state index contributed by atoms with van der Waals surface area (Å²) in [6.07, 6.45) is 5.72. The summed E-state index contributed by atoms with van der Waals surface area (Å²) in [5.74, 6) is 0.871. The fourth-order valence-corrected chi connectivity index (χ4v) is 4.11. The summed E-state index contributed by atoms with van der Waals surface area (Å²) in [6.45, 7) is 6.42. The summed E-state index contributed by atoms with van der Waals surface area (Å²) in [6, 6.07) is 22.1. The molecular weight excluding hydrogens is 549 g/mol. The maximum Gasteiger partial charge on any atom is 0.0899 e. The van der Waals surface area contributed by atoms with E-state index in [4.69, 9.17) is 0 Å². The second-order valence-corrected chi connectivity index (χ2v) is 7.44. The molecule has 0 unspecified atom stereocenters. The van der Waals surface area contributed by atoms with Crippen LogP contribution in [0, 0.1) is 26.8 Å². The molecule has 3 aromatic carbocycles. The molecule has 0 atom stereocenters. The molecule has 151 valence electrons. The predicted molar refractivity (Wildman–Crippen MR) is 117 cm³/mol. The van der Waals surface area contributed by atoms with Crippen molar-refractivity contribution in [3.8, 4) is 22.8 Å². The molecule has 0 aliphatic heterocycles. The predicted octanol–water partition coefficient (Wildman–Crippen LogP) is 5.60. The van der Waals surface area contributed by atoms with Crippen molar-refractivity contribution in [1.82, 2.24) is 19.1 Å². The molecule has 5 aromatic rings. The number of hydrogen-bond donors (Lipinski definition) is 0. The third-order valence-corrected chi connectivity index (χ3v) is 5.27. The summed E-state index contributed by atoms with van der Waals surface area (Å²) in [5.41, 5.74) is 8.88. The molecule has 4 nitrogen and oxygen atoms in total. The zero-order valence-corrected chi connectivity index (χ0v) is 19.4. The first-order valence-corrected chi connectivity index (χ1v) is 9.68. The van der Waals surface area contributed by atoms with Gasteiger partial charge < -0.3 is 9.13 Å². The van der Waals surface area contributed by atoms with E-state index in [1.165, 1.54) is 22.4 Å². The molecule has 2 heterocycles. The Hall–Kier alpha value is -3.01. The van der Waals surface area contributed by atoms with E-state index in [2.05, 4.69) is 76.3 Å². The molecule has 5 rings (SSSR count). The first kappa shape index (κ1) is 20.3. The standard InChI is InChI=1S/C25H21N4.Ir/c1-17-13-18(2)24(19(3)14-17)28-12-11-26-25(28)20-9-10-23-22(15-20)27-16-29(23)21-7-5-4-6-8-21;/h4-8,10-16H,1-3H3;/q-1;. The van der Waals surface area contributed by atoms with Crippen LogP contribution in [0.5, 0.6) is 0 Å². The van der Waals surface area contributed by atoms with Gasteiger partial charge in [-0.2, -0.15) is 0 Å². The smallest absolute Gasteiger partial charge is 0.0899 e. The zero-order chi connectivity index (χ0) is 20.0. The van der Waals surface area contributed by atoms with Gasteiger partial charge >= 0.3 is 0 Å². The number of fused-ring (bicyclic) bond motifs is 1. The van der Waals surface area contributed by atoms with Crippen molar-refractivity contribution in [3.63, 3.8) is 0 Å². The summed E-state index contributed by atoms with van der Waals surface area (Å²) >= 11 is 0. The molecule has 0 N–H and O–H groups in total. The van der Waals surface area contributed by atoms with Crippen molar-refractivity contribution in [1.29, 1.82) is 0 Å². The minimum atomic E-state index is 0. The van der Waals surface area contributed by atoms with Gasteiger partial charge in [0.2, 0.25) is 0 Å². The topological polar surface area (TPSA) is 35.6 Å². The number of nitrogens with zero attached hydrogens (tertiary/aromatic N) is 4. The second kappa shape index (κ2) is 8.02. The fraction of sp³-hybridized carbons (Fsp3) is 0.120. The van der Waals surface area contributed by atoms with Gasteiger partial charge in [-0.3, -0.25) is 9.97 Å². The first-order chi connectivity index (χ1) is 14.1. The fourth-order valence-electron chi connectivity index (χ4n) is 4.11. The molecule has 2 aromatic heterocycles. The molecule has 0 aliphatic carbocycles. The van der Waals surface area contributed by atoms with Crippen molar-refractivity contribution >= 4 is 11.0 Å². The third kappa shape index (κ3) is 3.40. The van der Waals surface area contributed by atoms with Crippen LogP contribution in [0.25, 0.3) is 33.8 Å². The third-order valence-electron chi connectivity index (χ3n) is 5.27. The summed E-state index contributed by atoms with van der Waals surface area (Å²) in [7, 11) is 0. The Morgan fingerprint density at radius 2 is 1.60 bits per heavy atom. The Morgan fingerprint density at radius 1 is 0.867 bits per heavy atom. The molecule has 5 heteroatoms. The molecular formula is C25H21IrN4-. The first-order valence-electron chi connectivity index (χ1n) is 9.68. The van der Waals surface area contributed by atoms with Crippen LogP contribution < -0.4 is 0 Å². The number of hydrogen-bond acceptors (Lipinski definition) is 2. The number of benzene rings is 3. The molecule has 0 aliphatic rings. The van der Waals surface area contributed by atoms with E-state index < -0.39 is 0 Å². The van der Waals surface area contributed by atoms with Crippen LogP contribution in [0.3, 0.4) is 0 Å². The maximum absolute atomic E-state index is 4.64. The average Bonchev–Trinajstić information content (AvgIpc) is 3.34. The molecule has 30 heavy (non-hydrogen) atoms. The minimum absolute atomic E-state index is 0. The Labute approximate surface area is 189 Å². The SMILES string of the molecule is Cc1cc(C)c(-n2ccnc2-c2[c-]cc3c(c2)ncn3-c2ccccc2)c(C)c1.[Ir]. The van der Waals surface area contributed by atoms with Crippen LogP contribution in [-0.4, -0.2) is 19.1 Å². The van der Waals surface area contributed by atoms with Gasteiger partial charge in [-0.1, -0.05) is 35.9 Å². The number of para-hydroxylation sites is 1. The van der Waals surface area contributed by atoms with Crippen molar-refractivity contribution in [3.05, 3.63) is 96.1 Å². The van der Waals surface area contributed by atoms with Crippen LogP contribution in [0.2, 0.25) is 0 Å². The normalized spacial score (nSPS) is 10.9. The van der Waals surface area contributed by atoms with Crippen LogP contribution in [0.15, 0.2) is 73.3 Å². The van der Waals surface area contributed by atoms with Crippen LogP contribution in [-0.2, 0) is 20.1 Å². The molecule has 0 saturated carbocycles. The van der Waals surface area contributed by atoms with E-state index in [1.54, 1.807) is 0 Å². The summed E-state index contributed by atoms with van der Waals surface area (Å²) in [4.78, 5) is 9.26. The van der Waals surface area contributed by atoms with Crippen molar-refractivity contribution in [2.24, 2.45) is 0 Å². The van der Waals surface area contributed by atoms with Gasteiger partial charge in [-0.05, 0) is 49.5 Å². The number of aromatic nitrogens is 4. The van der Waals surface area contributed by atoms with E-state index in [1.807, 2.05) is 43.0 Å². The molecule has 0 amide bonds. The van der Waals surface area contributed by atoms with E-state index in [-0.39, 0.29) is 20.1 Å². The Kier molecular flexibility index (Phi) is 5.42. The average molecular weight is 570 g/mol. The number of aryl methyl sites for hydroxylation is 3. The van der Waals surface area contributed by atoms with E-state index in [0.29, 0.717) is 0 Å². The van der Waals surface area contributed by atoms with Gasteiger partial charge in [0.05, 0.1) is 12.2 Å². The number of rotatable bonds is 3. The molecule has 1 radical (unpaired) electrons. The van der Waals surface area contributed by atoms with Gasteiger partial charge in [-0.15, -0.1) is 23.8 Å². The van der Waals surface area contributed by atoms with Gasteiger partial charge in [0.15, 0.2) is 0 Å². The van der Waals surface area contributed by atoms with Gasteiger partial charge in [0, 0.05) is 49.4 Å². The minimum Gasteiger partial charge on any atom is -0.340 e. The quantitative estimate of drug-likeness (QED) is 0.265. The monoisotopic (exact) mass is 570 g/mol. The van der Waals surface area contributed by atoms with Crippen molar-refractivity contribution in [2.75, 3.05) is 0 Å². The van der Waals surface area contributed by atoms with Gasteiger partial charge in [-0.25, -0.2) is 0 Å². The largest absolute Gasteiger partial charge is 0.340 e. The Morgan fingerprint density at radius 3 is 2.33 bits per heavy atom. The second-order valence-electron chi connectivity index (χ2n) is 7.44. The Balaban J connectivity index is 0.00000218. The van der Waals surface area contributed by atoms with E-state index >= 15 is 0 Å². The molecule has 0 saturated heterocycles. The van der Waals surface area contributed by atoms with Crippen LogP contribution in [0.4, 0.5) is 0 Å².